The summed E-state index contributed by atoms with van der Waals surface area (Å²) < 4.78 is 32.5. The predicted octanol–water partition coefficient (Wildman–Crippen LogP) is 2.80. The summed E-state index contributed by atoms with van der Waals surface area (Å²) in [7, 11) is 0. The molecule has 0 bridgehead atoms. The van der Waals surface area contributed by atoms with Crippen LogP contribution in [0.4, 0.5) is 13.6 Å². The maximum atomic E-state index is 13.6. The van der Waals surface area contributed by atoms with E-state index in [1.165, 1.54) is 4.90 Å². The number of carbonyl (C=O) groups is 2. The lowest BCUT2D eigenvalue weighted by Crippen LogP contribution is -2.54. The number of rotatable bonds is 6. The molecular weight excluding hydrogens is 432 g/mol. The summed E-state index contributed by atoms with van der Waals surface area (Å²) in [5.41, 5.74) is 6.40. The van der Waals surface area contributed by atoms with Gasteiger partial charge in [0.1, 0.15) is 29.9 Å². The number of aliphatic hydroxyl groups excluding tert-OH is 1. The fourth-order valence-electron chi connectivity index (χ4n) is 3.77. The molecule has 1 aliphatic rings. The van der Waals surface area contributed by atoms with Crippen molar-refractivity contribution in [2.75, 3.05) is 6.67 Å². The molecule has 0 unspecified atom stereocenters. The van der Waals surface area contributed by atoms with E-state index in [9.17, 15) is 23.5 Å². The van der Waals surface area contributed by atoms with Crippen molar-refractivity contribution in [1.29, 1.82) is 0 Å². The Labute approximate surface area is 191 Å². The second kappa shape index (κ2) is 9.84. The summed E-state index contributed by atoms with van der Waals surface area (Å²) in [5, 5.41) is 11.0. The molecule has 0 aromatic heterocycles. The van der Waals surface area contributed by atoms with Crippen LogP contribution in [0.1, 0.15) is 31.9 Å². The van der Waals surface area contributed by atoms with Crippen LogP contribution >= 0.6 is 0 Å². The Kier molecular flexibility index (Phi) is 7.34. The van der Waals surface area contributed by atoms with Gasteiger partial charge in [0.15, 0.2) is 0 Å². The smallest absolute Gasteiger partial charge is 0.412 e. The Morgan fingerprint density at radius 1 is 1.15 bits per heavy atom. The minimum Gasteiger partial charge on any atom is -0.444 e. The number of amides is 2. The second-order valence-electron chi connectivity index (χ2n) is 9.19. The van der Waals surface area contributed by atoms with Gasteiger partial charge in [0.2, 0.25) is 5.91 Å². The van der Waals surface area contributed by atoms with Crippen LogP contribution in [0.15, 0.2) is 48.5 Å². The number of nitrogens with two attached hydrogens (primary N) is 1. The van der Waals surface area contributed by atoms with Crippen molar-refractivity contribution in [3.63, 3.8) is 0 Å². The van der Waals surface area contributed by atoms with Crippen molar-refractivity contribution in [2.45, 2.75) is 57.5 Å². The monoisotopic (exact) mass is 461 g/mol. The highest BCUT2D eigenvalue weighted by atomic mass is 19.1. The zero-order chi connectivity index (χ0) is 24.3. The van der Waals surface area contributed by atoms with Gasteiger partial charge in [-0.3, -0.25) is 9.69 Å². The molecule has 0 radical (unpaired) electrons. The van der Waals surface area contributed by atoms with E-state index in [0.717, 1.165) is 28.7 Å². The summed E-state index contributed by atoms with van der Waals surface area (Å²) in [6, 6.07) is 9.81. The van der Waals surface area contributed by atoms with Crippen molar-refractivity contribution in [3.05, 3.63) is 71.3 Å². The molecule has 3 rings (SSSR count). The molecule has 2 aromatic carbocycles. The Morgan fingerprint density at radius 3 is 2.33 bits per heavy atom. The Bertz CT molecular complexity index is 977. The Hall–Kier alpha value is -3.04. The standard InChI is InChI=1S/C24H29F2N3O4/c1-24(2,3)33-23(32)29-14-28(13-15-7-5-4-6-8-15)22(31)20(29)21(30)19(27)11-16-9-17(25)12-18(26)10-16/h4-10,12,19-21,30H,11,13-14,27H2,1-3H3/t19-,20+,21-/m0/s1. The van der Waals surface area contributed by atoms with E-state index >= 15 is 0 Å². The van der Waals surface area contributed by atoms with Gasteiger partial charge in [0.05, 0.1) is 6.10 Å². The molecule has 1 heterocycles. The van der Waals surface area contributed by atoms with E-state index < -0.39 is 47.4 Å². The maximum Gasteiger partial charge on any atom is 0.412 e. The van der Waals surface area contributed by atoms with Gasteiger partial charge in [0, 0.05) is 18.7 Å². The molecule has 1 fully saturated rings. The molecular formula is C24H29F2N3O4. The lowest BCUT2D eigenvalue weighted by Gasteiger charge is -2.31. The van der Waals surface area contributed by atoms with Gasteiger partial charge in [0.25, 0.3) is 0 Å². The average Bonchev–Trinajstić information content (AvgIpc) is 3.02. The van der Waals surface area contributed by atoms with Crippen molar-refractivity contribution in [1.82, 2.24) is 9.80 Å². The first-order valence-electron chi connectivity index (χ1n) is 10.7. The number of hydrogen-bond acceptors (Lipinski definition) is 5. The number of halogens is 2. The van der Waals surface area contributed by atoms with Crippen LogP contribution in [0.2, 0.25) is 0 Å². The van der Waals surface area contributed by atoms with Crippen LogP contribution in [0.25, 0.3) is 0 Å². The van der Waals surface area contributed by atoms with E-state index in [2.05, 4.69) is 0 Å². The molecule has 178 valence electrons. The van der Waals surface area contributed by atoms with Crippen LogP contribution in [0, 0.1) is 11.6 Å². The Morgan fingerprint density at radius 2 is 1.76 bits per heavy atom. The van der Waals surface area contributed by atoms with E-state index in [1.807, 2.05) is 30.3 Å². The Balaban J connectivity index is 1.83. The third-order valence-electron chi connectivity index (χ3n) is 5.22. The largest absolute Gasteiger partial charge is 0.444 e. The average molecular weight is 462 g/mol. The van der Waals surface area contributed by atoms with Crippen LogP contribution in [-0.4, -0.2) is 57.4 Å². The van der Waals surface area contributed by atoms with Crippen LogP contribution < -0.4 is 5.73 Å². The number of ether oxygens (including phenoxy) is 1. The van der Waals surface area contributed by atoms with Crippen molar-refractivity contribution in [3.8, 4) is 0 Å². The molecule has 33 heavy (non-hydrogen) atoms. The number of aliphatic hydroxyl groups is 1. The van der Waals surface area contributed by atoms with Gasteiger partial charge >= 0.3 is 6.09 Å². The van der Waals surface area contributed by atoms with Gasteiger partial charge in [-0.25, -0.2) is 13.6 Å². The summed E-state index contributed by atoms with van der Waals surface area (Å²) in [6.07, 6.45) is -2.35. The molecule has 0 saturated carbocycles. The molecule has 2 aromatic rings. The van der Waals surface area contributed by atoms with Crippen LogP contribution in [0.3, 0.4) is 0 Å². The normalized spacial score (nSPS) is 18.4. The number of nitrogens with zero attached hydrogens (tertiary/aromatic N) is 2. The molecule has 0 aliphatic carbocycles. The number of benzene rings is 2. The summed E-state index contributed by atoms with van der Waals surface area (Å²) in [4.78, 5) is 28.7. The minimum absolute atomic E-state index is 0.0916. The third-order valence-corrected chi connectivity index (χ3v) is 5.22. The fraction of sp³-hybridized carbons (Fsp3) is 0.417. The molecule has 3 atom stereocenters. The highest BCUT2D eigenvalue weighted by Crippen LogP contribution is 2.25. The molecule has 1 saturated heterocycles. The zero-order valence-electron chi connectivity index (χ0n) is 18.9. The van der Waals surface area contributed by atoms with Gasteiger partial charge in [-0.2, -0.15) is 0 Å². The summed E-state index contributed by atoms with van der Waals surface area (Å²) in [6.45, 7) is 5.22. The van der Waals surface area contributed by atoms with Gasteiger partial charge in [-0.15, -0.1) is 0 Å². The predicted molar refractivity (Wildman–Crippen MR) is 118 cm³/mol. The molecule has 0 spiro atoms. The lowest BCUT2D eigenvalue weighted by atomic mass is 9.96. The lowest BCUT2D eigenvalue weighted by molar-refractivity contribution is -0.132. The SMILES string of the molecule is CC(C)(C)OC(=O)N1CN(Cc2ccccc2)C(=O)[C@H]1[C@@H](O)[C@@H](N)Cc1cc(F)cc(F)c1. The highest BCUT2D eigenvalue weighted by molar-refractivity contribution is 5.89. The quantitative estimate of drug-likeness (QED) is 0.690. The first-order valence-corrected chi connectivity index (χ1v) is 10.7. The molecule has 2 amide bonds. The molecule has 9 heteroatoms. The minimum atomic E-state index is -1.49. The van der Waals surface area contributed by atoms with Crippen molar-refractivity contribution >= 4 is 12.0 Å². The van der Waals surface area contributed by atoms with Crippen LogP contribution in [-0.2, 0) is 22.5 Å². The first kappa shape index (κ1) is 24.6. The van der Waals surface area contributed by atoms with Crippen molar-refractivity contribution < 1.29 is 28.2 Å². The molecule has 1 aliphatic heterocycles. The summed E-state index contributed by atoms with van der Waals surface area (Å²) in [5.74, 6) is -2.03. The zero-order valence-corrected chi connectivity index (χ0v) is 18.9. The number of hydrogen-bond donors (Lipinski definition) is 2. The fourth-order valence-corrected chi connectivity index (χ4v) is 3.77. The second-order valence-corrected chi connectivity index (χ2v) is 9.19. The van der Waals surface area contributed by atoms with E-state index in [1.54, 1.807) is 20.8 Å². The van der Waals surface area contributed by atoms with E-state index in [4.69, 9.17) is 10.5 Å². The van der Waals surface area contributed by atoms with Crippen molar-refractivity contribution in [2.24, 2.45) is 5.73 Å². The number of carbonyl (C=O) groups excluding carboxylic acids is 2. The van der Waals surface area contributed by atoms with Gasteiger partial charge < -0.3 is 20.5 Å². The molecule has 7 nitrogen and oxygen atoms in total. The van der Waals surface area contributed by atoms with E-state index in [0.29, 0.717) is 0 Å². The topological polar surface area (TPSA) is 96.1 Å². The highest BCUT2D eigenvalue weighted by Gasteiger charge is 2.48. The molecule has 3 N–H and O–H groups in total. The third kappa shape index (κ3) is 6.27. The van der Waals surface area contributed by atoms with Gasteiger partial charge in [-0.1, -0.05) is 30.3 Å². The van der Waals surface area contributed by atoms with Gasteiger partial charge in [-0.05, 0) is 50.5 Å². The maximum absolute atomic E-state index is 13.6. The van der Waals surface area contributed by atoms with Crippen LogP contribution in [0.5, 0.6) is 0 Å². The van der Waals surface area contributed by atoms with E-state index in [-0.39, 0.29) is 25.2 Å². The summed E-state index contributed by atoms with van der Waals surface area (Å²) >= 11 is 0. The first-order chi connectivity index (χ1) is 15.4.